The molecule has 0 aliphatic heterocycles. The topological polar surface area (TPSA) is 15.3 Å². The smallest absolute Gasteiger partial charge is 0.00187 e. The molecular formula is C51H108N2. The maximum Gasteiger partial charge on any atom is -0.00187 e. The lowest BCUT2D eigenvalue weighted by Crippen LogP contribution is -2.27. The fraction of sp³-hybridized carbons (Fsp3) is 1.00. The number of unbranched alkanes of at least 4 members (excludes halogenated alkanes) is 38. The van der Waals surface area contributed by atoms with E-state index in [0.717, 1.165) is 0 Å². The van der Waals surface area contributed by atoms with Crippen LogP contribution in [0.25, 0.3) is 0 Å². The van der Waals surface area contributed by atoms with E-state index in [1.807, 2.05) is 7.05 Å². The zero-order chi connectivity index (χ0) is 38.8. The predicted octanol–water partition coefficient (Wildman–Crippen LogP) is 18.0. The van der Waals surface area contributed by atoms with Gasteiger partial charge in [-0.2, -0.15) is 0 Å². The van der Waals surface area contributed by atoms with Crippen molar-refractivity contribution in [3.05, 3.63) is 0 Å². The van der Waals surface area contributed by atoms with Gasteiger partial charge in [-0.05, 0) is 58.9 Å². The van der Waals surface area contributed by atoms with E-state index in [4.69, 9.17) is 0 Å². The van der Waals surface area contributed by atoms with Gasteiger partial charge in [-0.3, -0.25) is 0 Å². The number of hydrogen-bond donors (Lipinski definition) is 1. The lowest BCUT2D eigenvalue weighted by Gasteiger charge is -2.22. The highest BCUT2D eigenvalue weighted by molar-refractivity contribution is 4.61. The van der Waals surface area contributed by atoms with Gasteiger partial charge in [0.25, 0.3) is 0 Å². The summed E-state index contributed by atoms with van der Waals surface area (Å²) in [6.45, 7) is 14.5. The Morgan fingerprint density at radius 3 is 0.585 bits per heavy atom. The monoisotopic (exact) mass is 749 g/mol. The lowest BCUT2D eigenvalue weighted by atomic mass is 10.1. The first-order valence-corrected chi connectivity index (χ1v) is 25.6. The summed E-state index contributed by atoms with van der Waals surface area (Å²) in [5.74, 6) is 0. The van der Waals surface area contributed by atoms with Crippen molar-refractivity contribution in [3.8, 4) is 0 Å². The minimum Gasteiger partial charge on any atom is -0.320 e. The van der Waals surface area contributed by atoms with Gasteiger partial charge in [0.15, 0.2) is 0 Å². The van der Waals surface area contributed by atoms with E-state index in [2.05, 4.69) is 37.9 Å². The molecule has 0 amide bonds. The first-order valence-electron chi connectivity index (χ1n) is 25.6. The van der Waals surface area contributed by atoms with Crippen LogP contribution in [0.5, 0.6) is 0 Å². The van der Waals surface area contributed by atoms with Crippen molar-refractivity contribution in [2.75, 3.05) is 33.2 Å². The third kappa shape index (κ3) is 54.1. The summed E-state index contributed by atoms with van der Waals surface area (Å²) in [7, 11) is 2.04. The number of rotatable bonds is 46. The van der Waals surface area contributed by atoms with Gasteiger partial charge < -0.3 is 10.2 Å². The molecule has 0 aromatic heterocycles. The fourth-order valence-electron chi connectivity index (χ4n) is 7.95. The maximum absolute atomic E-state index is 3.20. The second-order valence-electron chi connectivity index (χ2n) is 17.4. The Kier molecular flexibility index (Phi) is 56.1. The Hall–Kier alpha value is -0.0800. The first kappa shape index (κ1) is 55.0. The quantitative estimate of drug-likeness (QED) is 0.0624. The van der Waals surface area contributed by atoms with Crippen LogP contribution < -0.4 is 5.32 Å². The summed E-state index contributed by atoms with van der Waals surface area (Å²) in [4.78, 5) is 2.85. The SMILES string of the molecule is CCCCCCCCCCCCCCNC.CCCCCCCCCCCCN(CCCCCCCCCCCC)CCCCCCCCCCCC. The van der Waals surface area contributed by atoms with E-state index in [1.165, 1.54) is 296 Å². The molecule has 2 heteroatoms. The fourth-order valence-corrected chi connectivity index (χ4v) is 7.95. The molecule has 1 N–H and O–H groups in total. The summed E-state index contributed by atoms with van der Waals surface area (Å²) in [6, 6.07) is 0. The van der Waals surface area contributed by atoms with Crippen molar-refractivity contribution in [3.63, 3.8) is 0 Å². The highest BCUT2D eigenvalue weighted by atomic mass is 15.1. The molecule has 0 saturated heterocycles. The van der Waals surface area contributed by atoms with Crippen LogP contribution >= 0.6 is 0 Å². The van der Waals surface area contributed by atoms with Crippen LogP contribution in [0.1, 0.15) is 297 Å². The summed E-state index contributed by atoms with van der Waals surface area (Å²) >= 11 is 0. The van der Waals surface area contributed by atoms with E-state index < -0.39 is 0 Å². The van der Waals surface area contributed by atoms with Crippen molar-refractivity contribution < 1.29 is 0 Å². The molecule has 0 saturated carbocycles. The van der Waals surface area contributed by atoms with Gasteiger partial charge in [0.2, 0.25) is 0 Å². The normalized spacial score (nSPS) is 11.4. The van der Waals surface area contributed by atoms with E-state index >= 15 is 0 Å². The first-order chi connectivity index (χ1) is 26.3. The van der Waals surface area contributed by atoms with Gasteiger partial charge in [-0.25, -0.2) is 0 Å². The van der Waals surface area contributed by atoms with Gasteiger partial charge in [0.05, 0.1) is 0 Å². The molecule has 0 fully saturated rings. The molecular weight excluding hydrogens is 641 g/mol. The summed E-state index contributed by atoms with van der Waals surface area (Å²) in [5, 5.41) is 3.20. The van der Waals surface area contributed by atoms with Gasteiger partial charge in [-0.1, -0.05) is 272 Å². The average molecular weight is 749 g/mol. The van der Waals surface area contributed by atoms with Crippen molar-refractivity contribution in [1.29, 1.82) is 0 Å². The number of hydrogen-bond acceptors (Lipinski definition) is 2. The van der Waals surface area contributed by atoms with Crippen LogP contribution in [0.4, 0.5) is 0 Å². The van der Waals surface area contributed by atoms with Crippen molar-refractivity contribution in [1.82, 2.24) is 10.2 Å². The van der Waals surface area contributed by atoms with Crippen LogP contribution in [0.3, 0.4) is 0 Å². The van der Waals surface area contributed by atoms with Crippen LogP contribution in [-0.2, 0) is 0 Å². The van der Waals surface area contributed by atoms with Crippen LogP contribution in [0.2, 0.25) is 0 Å². The third-order valence-electron chi connectivity index (χ3n) is 11.8. The van der Waals surface area contributed by atoms with E-state index in [0.29, 0.717) is 0 Å². The molecule has 0 aliphatic carbocycles. The molecule has 0 bridgehead atoms. The Morgan fingerprint density at radius 2 is 0.396 bits per heavy atom. The molecule has 0 aromatic rings. The molecule has 0 rings (SSSR count). The highest BCUT2D eigenvalue weighted by Crippen LogP contribution is 2.15. The molecule has 2 nitrogen and oxygen atoms in total. The Morgan fingerprint density at radius 1 is 0.226 bits per heavy atom. The van der Waals surface area contributed by atoms with E-state index in [1.54, 1.807) is 0 Å². The second kappa shape index (κ2) is 54.0. The maximum atomic E-state index is 3.20. The van der Waals surface area contributed by atoms with Gasteiger partial charge >= 0.3 is 0 Å². The molecule has 0 radical (unpaired) electrons. The van der Waals surface area contributed by atoms with Crippen LogP contribution in [-0.4, -0.2) is 38.1 Å². The molecule has 0 spiro atoms. The molecule has 0 atom stereocenters. The summed E-state index contributed by atoms with van der Waals surface area (Å²) in [5.41, 5.74) is 0. The van der Waals surface area contributed by atoms with Gasteiger partial charge in [-0.15, -0.1) is 0 Å². The number of nitrogens with one attached hydrogen (secondary N) is 1. The van der Waals surface area contributed by atoms with Crippen LogP contribution in [0, 0.1) is 0 Å². The van der Waals surface area contributed by atoms with Crippen molar-refractivity contribution in [2.45, 2.75) is 297 Å². The molecule has 0 aromatic carbocycles. The minimum absolute atomic E-state index is 1.19. The Labute approximate surface area is 339 Å². The molecule has 0 unspecified atom stereocenters. The lowest BCUT2D eigenvalue weighted by molar-refractivity contribution is 0.254. The van der Waals surface area contributed by atoms with E-state index in [9.17, 15) is 0 Å². The minimum atomic E-state index is 1.19. The standard InChI is InChI=1S/C36H75N.C15H33N/c1-4-7-10-13-16-19-22-25-28-31-34-37(35-32-29-26-23-20-17-14-11-8-5-2)36-33-30-27-24-21-18-15-12-9-6-3;1-3-4-5-6-7-8-9-10-11-12-13-14-15-16-2/h4-36H2,1-3H3;16H,3-15H2,1-2H3. The predicted molar refractivity (Wildman–Crippen MR) is 247 cm³/mol. The summed E-state index contributed by atoms with van der Waals surface area (Å²) < 4.78 is 0. The highest BCUT2D eigenvalue weighted by Gasteiger charge is 2.05. The second-order valence-corrected chi connectivity index (χ2v) is 17.4. The average Bonchev–Trinajstić information content (AvgIpc) is 3.17. The molecule has 0 aliphatic rings. The van der Waals surface area contributed by atoms with Gasteiger partial charge in [0.1, 0.15) is 0 Å². The molecule has 0 heterocycles. The number of nitrogens with zero attached hydrogens (tertiary/aromatic N) is 1. The van der Waals surface area contributed by atoms with Gasteiger partial charge in [0, 0.05) is 0 Å². The third-order valence-corrected chi connectivity index (χ3v) is 11.8. The molecule has 322 valence electrons. The zero-order valence-corrected chi connectivity index (χ0v) is 38.5. The zero-order valence-electron chi connectivity index (χ0n) is 38.5. The largest absolute Gasteiger partial charge is 0.320 e. The summed E-state index contributed by atoms with van der Waals surface area (Å²) in [6.07, 6.45) is 60.9. The van der Waals surface area contributed by atoms with Crippen molar-refractivity contribution in [2.24, 2.45) is 0 Å². The Balaban J connectivity index is 0. The Bertz CT molecular complexity index is 506. The van der Waals surface area contributed by atoms with E-state index in [-0.39, 0.29) is 0 Å². The van der Waals surface area contributed by atoms with Crippen LogP contribution in [0.15, 0.2) is 0 Å². The molecule has 53 heavy (non-hydrogen) atoms. The van der Waals surface area contributed by atoms with Crippen molar-refractivity contribution >= 4 is 0 Å².